The number of hydrogen-bond acceptors (Lipinski definition) is 4. The Balaban J connectivity index is 1.73. The summed E-state index contributed by atoms with van der Waals surface area (Å²) in [6, 6.07) is 7.40. The second-order valence-corrected chi connectivity index (χ2v) is 6.85. The van der Waals surface area contributed by atoms with Crippen LogP contribution in [0, 0.1) is 21.4 Å². The van der Waals surface area contributed by atoms with Crippen LogP contribution in [0.2, 0.25) is 0 Å². The SMILES string of the molecule is CN(Cc1cccc([N+](=O)[O-])c1)[C@@H]1[C@@H]2CCO[C@@H]2C1(C)C. The minimum Gasteiger partial charge on any atom is -0.377 e. The molecule has 5 nitrogen and oxygen atoms in total. The first-order valence-corrected chi connectivity index (χ1v) is 7.46. The van der Waals surface area contributed by atoms with Crippen LogP contribution in [-0.4, -0.2) is 35.6 Å². The Bertz CT molecular complexity index is 558. The molecule has 2 aliphatic rings. The highest BCUT2D eigenvalue weighted by Gasteiger charge is 2.60. The summed E-state index contributed by atoms with van der Waals surface area (Å²) < 4.78 is 5.83. The average molecular weight is 290 g/mol. The summed E-state index contributed by atoms with van der Waals surface area (Å²) in [7, 11) is 2.11. The molecule has 5 heteroatoms. The molecule has 2 fully saturated rings. The molecule has 1 aliphatic carbocycles. The predicted octanol–water partition coefficient (Wildman–Crippen LogP) is 2.84. The summed E-state index contributed by atoms with van der Waals surface area (Å²) in [5, 5.41) is 10.9. The third-order valence-electron chi connectivity index (χ3n) is 5.07. The highest BCUT2D eigenvalue weighted by molar-refractivity contribution is 5.34. The summed E-state index contributed by atoms with van der Waals surface area (Å²) in [6.07, 6.45) is 1.49. The maximum Gasteiger partial charge on any atom is 0.269 e. The van der Waals surface area contributed by atoms with Gasteiger partial charge in [-0.25, -0.2) is 0 Å². The quantitative estimate of drug-likeness (QED) is 0.632. The lowest BCUT2D eigenvalue weighted by Gasteiger charge is -2.58. The van der Waals surface area contributed by atoms with Crippen LogP contribution in [0.15, 0.2) is 24.3 Å². The number of rotatable bonds is 4. The van der Waals surface area contributed by atoms with Gasteiger partial charge in [-0.15, -0.1) is 0 Å². The van der Waals surface area contributed by atoms with Crippen molar-refractivity contribution in [2.75, 3.05) is 13.7 Å². The van der Waals surface area contributed by atoms with Gasteiger partial charge < -0.3 is 4.74 Å². The first-order valence-electron chi connectivity index (χ1n) is 7.46. The van der Waals surface area contributed by atoms with Gasteiger partial charge in [0.25, 0.3) is 5.69 Å². The van der Waals surface area contributed by atoms with Crippen LogP contribution < -0.4 is 0 Å². The normalized spacial score (nSPS) is 30.0. The lowest BCUT2D eigenvalue weighted by atomic mass is 9.57. The predicted molar refractivity (Wildman–Crippen MR) is 80.0 cm³/mol. The average Bonchev–Trinajstić information content (AvgIpc) is 2.84. The molecule has 1 saturated carbocycles. The molecule has 0 unspecified atom stereocenters. The van der Waals surface area contributed by atoms with E-state index in [0.29, 0.717) is 18.1 Å². The maximum atomic E-state index is 10.9. The van der Waals surface area contributed by atoms with Crippen LogP contribution in [0.25, 0.3) is 0 Å². The second kappa shape index (κ2) is 5.07. The van der Waals surface area contributed by atoms with E-state index in [1.807, 2.05) is 6.07 Å². The van der Waals surface area contributed by atoms with E-state index in [1.165, 1.54) is 6.07 Å². The zero-order chi connectivity index (χ0) is 15.2. The van der Waals surface area contributed by atoms with Crippen molar-refractivity contribution in [1.82, 2.24) is 4.90 Å². The van der Waals surface area contributed by atoms with Gasteiger partial charge in [0.1, 0.15) is 0 Å². The van der Waals surface area contributed by atoms with E-state index in [-0.39, 0.29) is 16.0 Å². The molecular weight excluding hydrogens is 268 g/mol. The summed E-state index contributed by atoms with van der Waals surface area (Å²) in [4.78, 5) is 12.9. The molecule has 21 heavy (non-hydrogen) atoms. The van der Waals surface area contributed by atoms with Gasteiger partial charge in [-0.2, -0.15) is 0 Å². The van der Waals surface area contributed by atoms with Crippen molar-refractivity contribution in [2.24, 2.45) is 11.3 Å². The van der Waals surface area contributed by atoms with Crippen LogP contribution in [0.3, 0.4) is 0 Å². The highest BCUT2D eigenvalue weighted by atomic mass is 16.6. The Kier molecular flexibility index (Phi) is 3.50. The van der Waals surface area contributed by atoms with E-state index in [1.54, 1.807) is 12.1 Å². The first kappa shape index (κ1) is 14.5. The van der Waals surface area contributed by atoms with Gasteiger partial charge in [0, 0.05) is 42.7 Å². The van der Waals surface area contributed by atoms with E-state index in [0.717, 1.165) is 25.1 Å². The van der Waals surface area contributed by atoms with Crippen molar-refractivity contribution in [1.29, 1.82) is 0 Å². The molecule has 0 N–H and O–H groups in total. The van der Waals surface area contributed by atoms with Gasteiger partial charge in [0.2, 0.25) is 0 Å². The van der Waals surface area contributed by atoms with E-state index in [2.05, 4.69) is 25.8 Å². The van der Waals surface area contributed by atoms with Crippen LogP contribution in [0.4, 0.5) is 5.69 Å². The van der Waals surface area contributed by atoms with Crippen molar-refractivity contribution in [3.8, 4) is 0 Å². The maximum absolute atomic E-state index is 10.9. The van der Waals surface area contributed by atoms with Gasteiger partial charge in [0.15, 0.2) is 0 Å². The molecule has 1 aliphatic heterocycles. The number of nitro groups is 1. The molecule has 0 bridgehead atoms. The Morgan fingerprint density at radius 1 is 1.48 bits per heavy atom. The van der Waals surface area contributed by atoms with E-state index in [9.17, 15) is 10.1 Å². The van der Waals surface area contributed by atoms with Crippen LogP contribution in [-0.2, 0) is 11.3 Å². The molecule has 0 radical (unpaired) electrons. The molecule has 1 aromatic carbocycles. The molecule has 1 aromatic rings. The van der Waals surface area contributed by atoms with Crippen molar-refractivity contribution in [3.63, 3.8) is 0 Å². The van der Waals surface area contributed by atoms with Crippen molar-refractivity contribution < 1.29 is 9.66 Å². The van der Waals surface area contributed by atoms with Crippen molar-refractivity contribution >= 4 is 5.69 Å². The number of ether oxygens (including phenoxy) is 1. The summed E-state index contributed by atoms with van der Waals surface area (Å²) in [5.41, 5.74) is 1.30. The molecule has 3 atom stereocenters. The lowest BCUT2D eigenvalue weighted by Crippen LogP contribution is -2.65. The summed E-state index contributed by atoms with van der Waals surface area (Å²) >= 11 is 0. The molecule has 0 amide bonds. The zero-order valence-corrected chi connectivity index (χ0v) is 12.8. The summed E-state index contributed by atoms with van der Waals surface area (Å²) in [5.74, 6) is 0.601. The zero-order valence-electron chi connectivity index (χ0n) is 12.8. The smallest absolute Gasteiger partial charge is 0.269 e. The molecule has 1 heterocycles. The number of nitrogens with zero attached hydrogens (tertiary/aromatic N) is 2. The number of non-ortho nitro benzene ring substituents is 1. The third kappa shape index (κ3) is 2.34. The van der Waals surface area contributed by atoms with Gasteiger partial charge in [-0.05, 0) is 19.0 Å². The Morgan fingerprint density at radius 2 is 2.24 bits per heavy atom. The van der Waals surface area contributed by atoms with Crippen molar-refractivity contribution in [3.05, 3.63) is 39.9 Å². The molecule has 0 aromatic heterocycles. The van der Waals surface area contributed by atoms with Crippen LogP contribution in [0.1, 0.15) is 25.8 Å². The number of fused-ring (bicyclic) bond motifs is 1. The first-order chi connectivity index (χ1) is 9.91. The fourth-order valence-electron chi connectivity index (χ4n) is 4.35. The van der Waals surface area contributed by atoms with Gasteiger partial charge in [-0.3, -0.25) is 15.0 Å². The Morgan fingerprint density at radius 3 is 2.95 bits per heavy atom. The Labute approximate surface area is 125 Å². The lowest BCUT2D eigenvalue weighted by molar-refractivity contribution is -0.384. The topological polar surface area (TPSA) is 55.6 Å². The fourth-order valence-corrected chi connectivity index (χ4v) is 4.35. The minimum atomic E-state index is -0.336. The molecule has 3 rings (SSSR count). The minimum absolute atomic E-state index is 0.149. The highest BCUT2D eigenvalue weighted by Crippen LogP contribution is 2.54. The molecular formula is C16H22N2O3. The third-order valence-corrected chi connectivity index (χ3v) is 5.07. The van der Waals surface area contributed by atoms with Crippen LogP contribution >= 0.6 is 0 Å². The number of nitro benzene ring substituents is 1. The molecule has 1 saturated heterocycles. The van der Waals surface area contributed by atoms with E-state index < -0.39 is 0 Å². The Hall–Kier alpha value is -1.46. The standard InChI is InChI=1S/C16H22N2O3/c1-16(2)14(13-7-8-21-15(13)16)17(3)10-11-5-4-6-12(9-11)18(19)20/h4-6,9,13-15H,7-8,10H2,1-3H3/t13-,14+,15-/m0/s1. The summed E-state index contributed by atoms with van der Waals surface area (Å²) in [6.45, 7) is 6.11. The van der Waals surface area contributed by atoms with Crippen molar-refractivity contribution in [2.45, 2.75) is 39.0 Å². The van der Waals surface area contributed by atoms with E-state index >= 15 is 0 Å². The molecule has 0 spiro atoms. The fraction of sp³-hybridized carbons (Fsp3) is 0.625. The van der Waals surface area contributed by atoms with Gasteiger partial charge >= 0.3 is 0 Å². The monoisotopic (exact) mass is 290 g/mol. The second-order valence-electron chi connectivity index (χ2n) is 6.85. The van der Waals surface area contributed by atoms with Crippen LogP contribution in [0.5, 0.6) is 0 Å². The largest absolute Gasteiger partial charge is 0.377 e. The number of hydrogen-bond donors (Lipinski definition) is 0. The van der Waals surface area contributed by atoms with E-state index in [4.69, 9.17) is 4.74 Å². The molecule has 114 valence electrons. The van der Waals surface area contributed by atoms with Gasteiger partial charge in [-0.1, -0.05) is 26.0 Å². The van der Waals surface area contributed by atoms with Gasteiger partial charge in [0.05, 0.1) is 11.0 Å². The number of benzene rings is 1.